The SMILES string of the molecule is C#CCOc1c(Br)cc(/C=C2\C(=O)NC(=O)N(c3ccccc3Cl)C2=O)cc1OCC. The normalized spacial score (nSPS) is 15.0. The lowest BCUT2D eigenvalue weighted by Crippen LogP contribution is -2.54. The van der Waals surface area contributed by atoms with Gasteiger partial charge in [-0.3, -0.25) is 14.9 Å². The summed E-state index contributed by atoms with van der Waals surface area (Å²) < 4.78 is 11.6. The molecule has 0 aromatic heterocycles. The molecule has 1 aliphatic rings. The van der Waals surface area contributed by atoms with E-state index in [1.54, 1.807) is 31.2 Å². The Morgan fingerprint density at radius 1 is 1.23 bits per heavy atom. The van der Waals surface area contributed by atoms with Crippen molar-refractivity contribution in [2.75, 3.05) is 18.1 Å². The van der Waals surface area contributed by atoms with Crippen LogP contribution >= 0.6 is 27.5 Å². The number of nitrogens with zero attached hydrogens (tertiary/aromatic N) is 1. The average Bonchev–Trinajstić information content (AvgIpc) is 2.72. The molecule has 158 valence electrons. The van der Waals surface area contributed by atoms with Gasteiger partial charge < -0.3 is 9.47 Å². The Labute approximate surface area is 192 Å². The van der Waals surface area contributed by atoms with E-state index >= 15 is 0 Å². The number of anilines is 1. The molecule has 2 aromatic carbocycles. The zero-order chi connectivity index (χ0) is 22.5. The van der Waals surface area contributed by atoms with Crippen LogP contribution < -0.4 is 19.7 Å². The number of imide groups is 2. The molecule has 0 spiro atoms. The molecule has 0 saturated carbocycles. The number of urea groups is 1. The molecule has 0 atom stereocenters. The molecule has 0 aliphatic carbocycles. The quantitative estimate of drug-likeness (QED) is 0.363. The maximum absolute atomic E-state index is 13.0. The first-order chi connectivity index (χ1) is 14.9. The van der Waals surface area contributed by atoms with Gasteiger partial charge in [0.05, 0.1) is 21.8 Å². The lowest BCUT2D eigenvalue weighted by Gasteiger charge is -2.27. The minimum Gasteiger partial charge on any atom is -0.490 e. The van der Waals surface area contributed by atoms with Gasteiger partial charge in [-0.25, -0.2) is 9.69 Å². The van der Waals surface area contributed by atoms with Crippen molar-refractivity contribution in [3.63, 3.8) is 0 Å². The molecule has 4 amide bonds. The number of ether oxygens (including phenoxy) is 2. The molecule has 1 fully saturated rings. The molecule has 1 heterocycles. The van der Waals surface area contributed by atoms with Gasteiger partial charge in [0.1, 0.15) is 12.2 Å². The molecule has 1 saturated heterocycles. The third-order valence-corrected chi connectivity index (χ3v) is 5.05. The summed E-state index contributed by atoms with van der Waals surface area (Å²) in [5.74, 6) is 1.53. The highest BCUT2D eigenvalue weighted by Crippen LogP contribution is 2.38. The van der Waals surface area contributed by atoms with Crippen molar-refractivity contribution in [1.82, 2.24) is 5.32 Å². The van der Waals surface area contributed by atoms with Crippen molar-refractivity contribution in [2.45, 2.75) is 6.92 Å². The van der Waals surface area contributed by atoms with Gasteiger partial charge in [-0.1, -0.05) is 29.7 Å². The van der Waals surface area contributed by atoms with Crippen LogP contribution in [0.1, 0.15) is 12.5 Å². The Hall–Kier alpha value is -3.28. The number of carbonyl (C=O) groups is 3. The predicted octanol–water partition coefficient (Wildman–Crippen LogP) is 4.18. The van der Waals surface area contributed by atoms with Gasteiger partial charge in [0.15, 0.2) is 11.5 Å². The van der Waals surface area contributed by atoms with E-state index in [0.29, 0.717) is 28.1 Å². The number of hydrogen-bond donors (Lipinski definition) is 1. The Balaban J connectivity index is 2.04. The molecule has 1 N–H and O–H groups in total. The van der Waals surface area contributed by atoms with Crippen LogP contribution in [0.25, 0.3) is 6.08 Å². The molecule has 31 heavy (non-hydrogen) atoms. The third kappa shape index (κ3) is 4.74. The van der Waals surface area contributed by atoms with Crippen molar-refractivity contribution in [3.05, 3.63) is 57.0 Å². The van der Waals surface area contributed by atoms with E-state index < -0.39 is 17.8 Å². The van der Waals surface area contributed by atoms with E-state index in [0.717, 1.165) is 4.90 Å². The summed E-state index contributed by atoms with van der Waals surface area (Å²) in [5.41, 5.74) is 0.390. The number of para-hydroxylation sites is 1. The Bertz CT molecular complexity index is 1140. The molecular weight excluding hydrogens is 488 g/mol. The standard InChI is InChI=1S/C22H16BrClN2O5/c1-3-9-31-19-15(23)11-13(12-18(19)30-4-2)10-14-20(27)25-22(29)26(21(14)28)17-8-6-5-7-16(17)24/h1,5-8,10-12H,4,9H2,2H3,(H,25,27,29)/b14-10+. The van der Waals surface area contributed by atoms with Crippen molar-refractivity contribution in [1.29, 1.82) is 0 Å². The predicted molar refractivity (Wildman–Crippen MR) is 120 cm³/mol. The second-order valence-electron chi connectivity index (χ2n) is 6.17. The number of nitrogens with one attached hydrogen (secondary N) is 1. The highest BCUT2D eigenvalue weighted by molar-refractivity contribution is 9.10. The number of hydrogen-bond acceptors (Lipinski definition) is 5. The molecule has 0 radical (unpaired) electrons. The first-order valence-electron chi connectivity index (χ1n) is 9.06. The molecule has 0 bridgehead atoms. The molecule has 1 aliphatic heterocycles. The fourth-order valence-electron chi connectivity index (χ4n) is 2.86. The van der Waals surface area contributed by atoms with Crippen molar-refractivity contribution in [3.8, 4) is 23.8 Å². The smallest absolute Gasteiger partial charge is 0.335 e. The van der Waals surface area contributed by atoms with Crippen LogP contribution in [0.2, 0.25) is 5.02 Å². The number of barbiturate groups is 1. The fourth-order valence-corrected chi connectivity index (χ4v) is 3.66. The van der Waals surface area contributed by atoms with E-state index in [4.69, 9.17) is 27.5 Å². The van der Waals surface area contributed by atoms with Crippen LogP contribution in [-0.4, -0.2) is 31.1 Å². The number of halogens is 2. The minimum atomic E-state index is -0.880. The van der Waals surface area contributed by atoms with Gasteiger partial charge in [0.2, 0.25) is 0 Å². The second-order valence-corrected chi connectivity index (χ2v) is 7.43. The topological polar surface area (TPSA) is 84.9 Å². The third-order valence-electron chi connectivity index (χ3n) is 4.14. The Kier molecular flexibility index (Phi) is 7.00. The van der Waals surface area contributed by atoms with Crippen LogP contribution in [0, 0.1) is 12.3 Å². The molecule has 3 rings (SSSR count). The van der Waals surface area contributed by atoms with E-state index in [1.165, 1.54) is 18.2 Å². The number of rotatable bonds is 6. The largest absolute Gasteiger partial charge is 0.490 e. The van der Waals surface area contributed by atoms with Gasteiger partial charge >= 0.3 is 6.03 Å². The van der Waals surface area contributed by atoms with E-state index in [2.05, 4.69) is 27.2 Å². The summed E-state index contributed by atoms with van der Waals surface area (Å²) >= 11 is 9.53. The van der Waals surface area contributed by atoms with Crippen molar-refractivity contribution in [2.24, 2.45) is 0 Å². The molecular formula is C22H16BrClN2O5. The van der Waals surface area contributed by atoms with Crippen molar-refractivity contribution >= 4 is 57.1 Å². The highest BCUT2D eigenvalue weighted by Gasteiger charge is 2.37. The number of benzene rings is 2. The molecule has 7 nitrogen and oxygen atoms in total. The Morgan fingerprint density at radius 2 is 1.97 bits per heavy atom. The van der Waals surface area contributed by atoms with E-state index in [9.17, 15) is 14.4 Å². The zero-order valence-electron chi connectivity index (χ0n) is 16.3. The summed E-state index contributed by atoms with van der Waals surface area (Å²) in [6, 6.07) is 8.70. The van der Waals surface area contributed by atoms with Crippen LogP contribution in [0.4, 0.5) is 10.5 Å². The lowest BCUT2D eigenvalue weighted by atomic mass is 10.1. The minimum absolute atomic E-state index is 0.0366. The summed E-state index contributed by atoms with van der Waals surface area (Å²) in [7, 11) is 0. The summed E-state index contributed by atoms with van der Waals surface area (Å²) in [6.45, 7) is 2.19. The summed E-state index contributed by atoms with van der Waals surface area (Å²) in [5, 5.41) is 2.35. The molecule has 0 unspecified atom stereocenters. The summed E-state index contributed by atoms with van der Waals surface area (Å²) in [6.07, 6.45) is 6.61. The van der Waals surface area contributed by atoms with Crippen molar-refractivity contribution < 1.29 is 23.9 Å². The lowest BCUT2D eigenvalue weighted by molar-refractivity contribution is -0.122. The Morgan fingerprint density at radius 3 is 2.65 bits per heavy atom. The zero-order valence-corrected chi connectivity index (χ0v) is 18.6. The average molecular weight is 504 g/mol. The van der Waals surface area contributed by atoms with Gasteiger partial charge in [-0.05, 0) is 58.8 Å². The van der Waals surface area contributed by atoms with Crippen LogP contribution in [0.3, 0.4) is 0 Å². The van der Waals surface area contributed by atoms with Crippen LogP contribution in [0.5, 0.6) is 11.5 Å². The number of carbonyl (C=O) groups excluding carboxylic acids is 3. The maximum Gasteiger partial charge on any atom is 0.335 e. The fraction of sp³-hybridized carbons (Fsp3) is 0.136. The van der Waals surface area contributed by atoms with Gasteiger partial charge in [-0.2, -0.15) is 0 Å². The molecule has 2 aromatic rings. The monoisotopic (exact) mass is 502 g/mol. The second kappa shape index (κ2) is 9.69. The van der Waals surface area contributed by atoms with Crippen LogP contribution in [0.15, 0.2) is 46.4 Å². The first-order valence-corrected chi connectivity index (χ1v) is 10.2. The van der Waals surface area contributed by atoms with Gasteiger partial charge in [0, 0.05) is 0 Å². The number of amides is 4. The molecule has 9 heteroatoms. The first kappa shape index (κ1) is 22.4. The number of terminal acetylenes is 1. The van der Waals surface area contributed by atoms with Gasteiger partial charge in [0.25, 0.3) is 11.8 Å². The maximum atomic E-state index is 13.0. The van der Waals surface area contributed by atoms with E-state index in [-0.39, 0.29) is 22.9 Å². The summed E-state index contributed by atoms with van der Waals surface area (Å²) in [4.78, 5) is 38.6. The van der Waals surface area contributed by atoms with Gasteiger partial charge in [-0.15, -0.1) is 6.42 Å². The van der Waals surface area contributed by atoms with E-state index in [1.807, 2.05) is 0 Å². The highest BCUT2D eigenvalue weighted by atomic mass is 79.9. The van der Waals surface area contributed by atoms with Crippen LogP contribution in [-0.2, 0) is 9.59 Å².